The molecule has 7 N–H and O–H groups in total. The zero-order valence-electron chi connectivity index (χ0n) is 33.9. The molecule has 6 bridgehead atoms. The predicted octanol–water partition coefficient (Wildman–Crippen LogP) is 4.00. The van der Waals surface area contributed by atoms with E-state index in [1.54, 1.807) is 66.7 Å². The lowest BCUT2D eigenvalue weighted by atomic mass is 9.87. The number of carboxylic acids is 1. The van der Waals surface area contributed by atoms with E-state index in [2.05, 4.69) is 20.9 Å². The third kappa shape index (κ3) is 13.2. The van der Waals surface area contributed by atoms with Crippen LogP contribution < -0.4 is 21.7 Å². The summed E-state index contributed by atoms with van der Waals surface area (Å²) in [5, 5.41) is 25.8. The Morgan fingerprint density at radius 2 is 1.26 bits per heavy atom. The van der Waals surface area contributed by atoms with Crippen LogP contribution in [0, 0.1) is 17.2 Å². The lowest BCUT2D eigenvalue weighted by Crippen LogP contribution is -2.36. The van der Waals surface area contributed by atoms with Crippen LogP contribution in [0.2, 0.25) is 0 Å². The smallest absolute Gasteiger partial charge is 0.335 e. The zero-order valence-corrected chi connectivity index (χ0v) is 34.7. The minimum atomic E-state index is -4.00. The highest BCUT2D eigenvalue weighted by Gasteiger charge is 2.31. The molecule has 14 nitrogen and oxygen atoms in total. The normalized spacial score (nSPS) is 16.6. The molecule has 0 fully saturated rings. The molecule has 1 aromatic heterocycles. The maximum Gasteiger partial charge on any atom is 0.335 e. The molecule has 15 heteroatoms. The van der Waals surface area contributed by atoms with Gasteiger partial charge >= 0.3 is 5.97 Å². The fraction of sp³-hybridized carbons (Fsp3) is 0.255. The Hall–Kier alpha value is -7.00. The number of amides is 3. The molecular weight excluding hydrogens is 809 g/mol. The number of pyridine rings is 1. The fourth-order valence-electron chi connectivity index (χ4n) is 7.22. The van der Waals surface area contributed by atoms with Gasteiger partial charge in [-0.25, -0.2) is 13.2 Å². The molecule has 3 amide bonds. The van der Waals surface area contributed by atoms with Crippen LogP contribution in [0.15, 0.2) is 115 Å². The van der Waals surface area contributed by atoms with Gasteiger partial charge in [0.15, 0.2) is 9.84 Å². The Labute approximate surface area is 359 Å². The summed E-state index contributed by atoms with van der Waals surface area (Å²) < 4.78 is 27.6. The molecule has 0 radical (unpaired) electrons. The second kappa shape index (κ2) is 20.5. The number of nitrogens with zero attached hydrogens (tertiary/aromatic N) is 1. The summed E-state index contributed by atoms with van der Waals surface area (Å²) in [4.78, 5) is 70.3. The number of benzene rings is 4. The van der Waals surface area contributed by atoms with Gasteiger partial charge in [-0.05, 0) is 70.5 Å². The first-order chi connectivity index (χ1) is 29.7. The van der Waals surface area contributed by atoms with Crippen molar-refractivity contribution >= 4 is 45.1 Å². The Morgan fingerprint density at radius 1 is 0.710 bits per heavy atom. The van der Waals surface area contributed by atoms with Gasteiger partial charge in [0.25, 0.3) is 0 Å². The molecule has 320 valence electrons. The number of rotatable bonds is 9. The Bertz CT molecular complexity index is 2560. The number of aromatic carboxylic acids is 1. The van der Waals surface area contributed by atoms with Gasteiger partial charge in [-0.3, -0.25) is 29.6 Å². The van der Waals surface area contributed by atoms with Gasteiger partial charge in [-0.2, -0.15) is 0 Å². The van der Waals surface area contributed by atoms with Crippen molar-refractivity contribution < 1.29 is 37.5 Å². The number of nitrogen functional groups attached to an aromatic ring is 1. The Morgan fingerprint density at radius 3 is 1.82 bits per heavy atom. The van der Waals surface area contributed by atoms with Crippen LogP contribution in [0.4, 0.5) is 0 Å². The number of sulfone groups is 1. The molecule has 0 spiro atoms. The summed E-state index contributed by atoms with van der Waals surface area (Å²) in [6.07, 6.45) is -0.0608. The molecule has 0 saturated heterocycles. The number of aromatic nitrogens is 1. The number of carboxylic acid groups (broad SMARTS) is 1. The molecule has 4 aromatic carbocycles. The van der Waals surface area contributed by atoms with Crippen LogP contribution in [0.3, 0.4) is 0 Å². The quantitative estimate of drug-likeness (QED) is 0.0920. The number of Topliss-reactive ketones (excluding diaryl/α,β-unsaturated/α-hetero) is 1. The van der Waals surface area contributed by atoms with Crippen LogP contribution in [-0.2, 0) is 80.1 Å². The highest BCUT2D eigenvalue weighted by Crippen LogP contribution is 2.23. The van der Waals surface area contributed by atoms with Gasteiger partial charge in [-0.15, -0.1) is 0 Å². The van der Waals surface area contributed by atoms with Crippen LogP contribution in [0.25, 0.3) is 0 Å². The fourth-order valence-corrected chi connectivity index (χ4v) is 8.94. The minimum Gasteiger partial charge on any atom is -0.478 e. The van der Waals surface area contributed by atoms with Gasteiger partial charge in [0.2, 0.25) is 17.7 Å². The summed E-state index contributed by atoms with van der Waals surface area (Å²) in [5.41, 5.74) is 11.1. The monoisotopic (exact) mass is 856 g/mol. The summed E-state index contributed by atoms with van der Waals surface area (Å²) >= 11 is 0. The molecule has 2 atom stereocenters. The van der Waals surface area contributed by atoms with E-state index in [9.17, 15) is 37.5 Å². The number of nitrogens with two attached hydrogens (primary N) is 1. The second-order valence-electron chi connectivity index (χ2n) is 15.5. The van der Waals surface area contributed by atoms with Crippen molar-refractivity contribution in [3.05, 3.63) is 171 Å². The van der Waals surface area contributed by atoms with Crippen molar-refractivity contribution in [3.8, 4) is 0 Å². The summed E-state index contributed by atoms with van der Waals surface area (Å²) in [6, 6.07) is 32.0. The molecule has 0 unspecified atom stereocenters. The van der Waals surface area contributed by atoms with Crippen LogP contribution >= 0.6 is 0 Å². The Kier molecular flexibility index (Phi) is 14.7. The second-order valence-corrected chi connectivity index (χ2v) is 17.6. The third-order valence-electron chi connectivity index (χ3n) is 10.6. The van der Waals surface area contributed by atoms with Crippen molar-refractivity contribution in [1.82, 2.24) is 20.9 Å². The highest BCUT2D eigenvalue weighted by atomic mass is 32.2. The summed E-state index contributed by atoms with van der Waals surface area (Å²) in [7, 11) is -4.00. The number of carbonyl (C=O) groups is 5. The molecule has 0 saturated carbocycles. The number of hydrogen-bond donors (Lipinski definition) is 6. The minimum absolute atomic E-state index is 0.00595. The predicted molar refractivity (Wildman–Crippen MR) is 232 cm³/mol. The maximum atomic E-state index is 14.5. The van der Waals surface area contributed by atoms with Gasteiger partial charge < -0.3 is 26.8 Å². The SMILES string of the molecule is N=C(N)c1ccc(CNC(=O)[C@H]2CC(=O)[C@H](CS(=O)(=O)Cc3cccc(C(=O)O)c3)Cc3ccc(cc3)CNC(=O)Cc3cccc(n3)CC(=O)NCc3ccc(cc3)C2)cc1. The van der Waals surface area contributed by atoms with E-state index in [-0.39, 0.29) is 80.5 Å². The molecule has 5 aromatic rings. The van der Waals surface area contributed by atoms with Gasteiger partial charge in [0.05, 0.1) is 29.9 Å². The summed E-state index contributed by atoms with van der Waals surface area (Å²) in [5.74, 6) is -5.67. The number of ketones is 1. The highest BCUT2D eigenvalue weighted by molar-refractivity contribution is 7.90. The first kappa shape index (κ1) is 44.5. The first-order valence-corrected chi connectivity index (χ1v) is 21.9. The molecule has 62 heavy (non-hydrogen) atoms. The average molecular weight is 857 g/mol. The van der Waals surface area contributed by atoms with E-state index in [0.29, 0.717) is 22.5 Å². The van der Waals surface area contributed by atoms with E-state index in [0.717, 1.165) is 22.3 Å². The zero-order chi connectivity index (χ0) is 44.2. The van der Waals surface area contributed by atoms with Crippen LogP contribution in [-0.4, -0.2) is 59.6 Å². The van der Waals surface area contributed by atoms with Gasteiger partial charge in [0, 0.05) is 54.8 Å². The van der Waals surface area contributed by atoms with E-state index in [1.807, 2.05) is 24.3 Å². The molecule has 8 rings (SSSR count). The number of nitrogens with one attached hydrogen (secondary N) is 4. The molecule has 0 aliphatic carbocycles. The average Bonchev–Trinajstić information content (AvgIpc) is 3.24. The molecular formula is C47H48N6O8S. The Balaban J connectivity index is 1.29. The van der Waals surface area contributed by atoms with E-state index >= 15 is 0 Å². The topological polar surface area (TPSA) is 239 Å². The van der Waals surface area contributed by atoms with Gasteiger partial charge in [0.1, 0.15) is 11.6 Å². The van der Waals surface area contributed by atoms with Crippen LogP contribution in [0.1, 0.15) is 67.1 Å². The number of fused-ring (bicyclic) bond motifs is 2. The van der Waals surface area contributed by atoms with Gasteiger partial charge in [-0.1, -0.05) is 91.0 Å². The number of amidine groups is 1. The first-order valence-electron chi connectivity index (χ1n) is 20.1. The van der Waals surface area contributed by atoms with E-state index in [1.165, 1.54) is 24.3 Å². The van der Waals surface area contributed by atoms with Crippen molar-refractivity contribution in [3.63, 3.8) is 0 Å². The lowest BCUT2D eigenvalue weighted by molar-refractivity contribution is -0.130. The number of carbonyl (C=O) groups excluding carboxylic acids is 4. The molecule has 4 heterocycles. The van der Waals surface area contributed by atoms with Crippen molar-refractivity contribution in [2.24, 2.45) is 17.6 Å². The van der Waals surface area contributed by atoms with Crippen LogP contribution in [0.5, 0.6) is 0 Å². The summed E-state index contributed by atoms with van der Waals surface area (Å²) in [6.45, 7) is 0.549. The largest absolute Gasteiger partial charge is 0.478 e. The van der Waals surface area contributed by atoms with E-state index < -0.39 is 50.8 Å². The molecule has 3 aliphatic rings. The number of hydrogen-bond acceptors (Lipinski definition) is 9. The molecule has 3 aliphatic heterocycles. The van der Waals surface area contributed by atoms with Crippen molar-refractivity contribution in [1.29, 1.82) is 5.41 Å². The third-order valence-corrected chi connectivity index (χ3v) is 12.2. The lowest BCUT2D eigenvalue weighted by Gasteiger charge is -2.21. The van der Waals surface area contributed by atoms with Crippen molar-refractivity contribution in [2.45, 2.75) is 57.5 Å². The van der Waals surface area contributed by atoms with Crippen molar-refractivity contribution in [2.75, 3.05) is 5.75 Å². The maximum absolute atomic E-state index is 14.5. The standard InChI is InChI=1S/C47H48N6O8S/c48-45(49)36-17-15-34(16-18-36)27-52-46(57)38-19-30-7-11-32(12-8-30)25-50-43(55)23-40-5-2-6-41(53-40)24-44(56)51-26-33-13-9-31(10-14-33)20-39(42(54)22-38)29-62(60,61)28-35-3-1-4-37(21-35)47(58)59/h1-18,21,38-39H,19-20,22-29H2,(H3,48,49)(H,50,55)(H,51,56)(H,52,57)(H,58,59)/t38-,39+/m1/s1. The van der Waals surface area contributed by atoms with E-state index in [4.69, 9.17) is 11.1 Å².